The average molecular weight is 265 g/mol. The van der Waals surface area contributed by atoms with Crippen molar-refractivity contribution in [1.29, 1.82) is 0 Å². The Morgan fingerprint density at radius 1 is 1.39 bits per heavy atom. The van der Waals surface area contributed by atoms with Crippen molar-refractivity contribution in [3.63, 3.8) is 0 Å². The molecule has 5 heteroatoms. The highest BCUT2D eigenvalue weighted by atomic mass is 35.5. The van der Waals surface area contributed by atoms with Gasteiger partial charge in [0.1, 0.15) is 0 Å². The number of hydrogen-bond acceptors (Lipinski definition) is 2. The second-order valence-electron chi connectivity index (χ2n) is 4.25. The van der Waals surface area contributed by atoms with Crippen LogP contribution < -0.4 is 0 Å². The van der Waals surface area contributed by atoms with Gasteiger partial charge >= 0.3 is 5.97 Å². The van der Waals surface area contributed by atoms with Crippen molar-refractivity contribution >= 4 is 17.6 Å². The van der Waals surface area contributed by atoms with Crippen molar-refractivity contribution < 1.29 is 9.90 Å². The molecule has 0 amide bonds. The van der Waals surface area contributed by atoms with Crippen molar-refractivity contribution in [2.24, 2.45) is 0 Å². The molecule has 0 atom stereocenters. The number of rotatable bonds is 3. The molecular weight excluding hydrogens is 252 g/mol. The van der Waals surface area contributed by atoms with E-state index in [1.165, 1.54) is 0 Å². The quantitative estimate of drug-likeness (QED) is 0.923. The van der Waals surface area contributed by atoms with E-state index in [4.69, 9.17) is 16.7 Å². The van der Waals surface area contributed by atoms with Gasteiger partial charge in [0, 0.05) is 17.8 Å². The molecule has 0 bridgehead atoms. The molecule has 1 heterocycles. The molecule has 2 rings (SSSR count). The Morgan fingerprint density at radius 3 is 2.72 bits per heavy atom. The summed E-state index contributed by atoms with van der Waals surface area (Å²) < 4.78 is 1.84. The molecule has 0 saturated carbocycles. The van der Waals surface area contributed by atoms with Gasteiger partial charge in [-0.05, 0) is 32.0 Å². The first-order valence-electron chi connectivity index (χ1n) is 5.57. The van der Waals surface area contributed by atoms with Gasteiger partial charge in [0.05, 0.1) is 16.3 Å². The minimum atomic E-state index is -1.03. The Bertz CT molecular complexity index is 590. The number of nitrogens with zero attached hydrogens (tertiary/aromatic N) is 2. The Balaban J connectivity index is 2.54. The van der Waals surface area contributed by atoms with E-state index in [-0.39, 0.29) is 16.6 Å². The lowest BCUT2D eigenvalue weighted by Crippen LogP contribution is -2.05. The lowest BCUT2D eigenvalue weighted by atomic mass is 10.1. The first-order chi connectivity index (χ1) is 8.50. The van der Waals surface area contributed by atoms with Crippen LogP contribution in [-0.2, 0) is 0 Å². The predicted octanol–water partition coefficient (Wildman–Crippen LogP) is 3.48. The number of aromatic nitrogens is 2. The zero-order chi connectivity index (χ0) is 13.3. The van der Waals surface area contributed by atoms with Crippen molar-refractivity contribution in [3.05, 3.63) is 41.0 Å². The summed E-state index contributed by atoms with van der Waals surface area (Å²) in [6.07, 6.45) is 1.70. The molecule has 1 N–H and O–H groups in total. The molecule has 0 unspecified atom stereocenters. The van der Waals surface area contributed by atoms with Gasteiger partial charge in [-0.1, -0.05) is 17.7 Å². The summed E-state index contributed by atoms with van der Waals surface area (Å²) in [5.74, 6) is -1.03. The molecule has 0 aliphatic carbocycles. The number of carboxylic acids is 1. The highest BCUT2D eigenvalue weighted by molar-refractivity contribution is 6.33. The number of carbonyl (C=O) groups is 1. The van der Waals surface area contributed by atoms with Gasteiger partial charge in [-0.25, -0.2) is 4.79 Å². The summed E-state index contributed by atoms with van der Waals surface area (Å²) in [4.78, 5) is 11.1. The molecule has 18 heavy (non-hydrogen) atoms. The zero-order valence-corrected chi connectivity index (χ0v) is 10.8. The average Bonchev–Trinajstić information content (AvgIpc) is 2.78. The van der Waals surface area contributed by atoms with Crippen molar-refractivity contribution in [2.45, 2.75) is 19.9 Å². The second-order valence-corrected chi connectivity index (χ2v) is 4.66. The SMILES string of the molecule is CC(C)n1nccc1-c1ccc(Cl)c(C(=O)O)c1. The van der Waals surface area contributed by atoms with Crippen LogP contribution >= 0.6 is 11.6 Å². The van der Waals surface area contributed by atoms with E-state index < -0.39 is 5.97 Å². The van der Waals surface area contributed by atoms with Crippen LogP contribution in [-0.4, -0.2) is 20.9 Å². The van der Waals surface area contributed by atoms with Crippen molar-refractivity contribution in [2.75, 3.05) is 0 Å². The standard InChI is InChI=1S/C13H13ClN2O2/c1-8(2)16-12(5-6-15-16)9-3-4-11(14)10(7-9)13(17)18/h3-8H,1-2H3,(H,17,18). The molecule has 0 spiro atoms. The second kappa shape index (κ2) is 4.82. The summed E-state index contributed by atoms with van der Waals surface area (Å²) in [6.45, 7) is 4.04. The van der Waals surface area contributed by atoms with Gasteiger partial charge in [0.25, 0.3) is 0 Å². The van der Waals surface area contributed by atoms with Gasteiger partial charge in [-0.15, -0.1) is 0 Å². The fourth-order valence-corrected chi connectivity index (χ4v) is 2.00. The largest absolute Gasteiger partial charge is 0.478 e. The van der Waals surface area contributed by atoms with E-state index in [0.717, 1.165) is 11.3 Å². The predicted molar refractivity (Wildman–Crippen MR) is 70.0 cm³/mol. The fraction of sp³-hybridized carbons (Fsp3) is 0.231. The van der Waals surface area contributed by atoms with Crippen LogP contribution in [0.1, 0.15) is 30.2 Å². The summed E-state index contributed by atoms with van der Waals surface area (Å²) in [5.41, 5.74) is 1.78. The van der Waals surface area contributed by atoms with E-state index in [1.807, 2.05) is 24.6 Å². The minimum Gasteiger partial charge on any atom is -0.478 e. The summed E-state index contributed by atoms with van der Waals surface area (Å²) in [6, 6.07) is 7.02. The van der Waals surface area contributed by atoms with Crippen LogP contribution in [0.3, 0.4) is 0 Å². The Morgan fingerprint density at radius 2 is 2.11 bits per heavy atom. The van der Waals surface area contributed by atoms with Crippen LogP contribution in [0.2, 0.25) is 5.02 Å². The number of aromatic carboxylic acids is 1. The summed E-state index contributed by atoms with van der Waals surface area (Å²) >= 11 is 5.85. The van der Waals surface area contributed by atoms with E-state index in [2.05, 4.69) is 5.10 Å². The van der Waals surface area contributed by atoms with Crippen LogP contribution in [0, 0.1) is 0 Å². The number of halogens is 1. The maximum atomic E-state index is 11.1. The Labute approximate surface area is 110 Å². The minimum absolute atomic E-state index is 0.102. The topological polar surface area (TPSA) is 55.1 Å². The number of carboxylic acid groups (broad SMARTS) is 1. The molecule has 94 valence electrons. The van der Waals surface area contributed by atoms with E-state index in [0.29, 0.717) is 0 Å². The molecule has 0 saturated heterocycles. The van der Waals surface area contributed by atoms with Crippen molar-refractivity contribution in [3.8, 4) is 11.3 Å². The fourth-order valence-electron chi connectivity index (χ4n) is 1.80. The maximum Gasteiger partial charge on any atom is 0.337 e. The first-order valence-corrected chi connectivity index (χ1v) is 5.95. The molecular formula is C13H13ClN2O2. The van der Waals surface area contributed by atoms with Gasteiger partial charge in [-0.3, -0.25) is 4.68 Å². The highest BCUT2D eigenvalue weighted by Gasteiger charge is 2.13. The smallest absolute Gasteiger partial charge is 0.337 e. The third kappa shape index (κ3) is 2.24. The zero-order valence-electron chi connectivity index (χ0n) is 10.1. The summed E-state index contributed by atoms with van der Waals surface area (Å²) in [7, 11) is 0. The Kier molecular flexibility index (Phi) is 3.39. The van der Waals surface area contributed by atoms with E-state index in [1.54, 1.807) is 24.4 Å². The van der Waals surface area contributed by atoms with Gasteiger partial charge in [0.15, 0.2) is 0 Å². The van der Waals surface area contributed by atoms with Crippen LogP contribution in [0.25, 0.3) is 11.3 Å². The van der Waals surface area contributed by atoms with Gasteiger partial charge in [0.2, 0.25) is 0 Å². The summed E-state index contributed by atoms with van der Waals surface area (Å²) in [5, 5.41) is 13.5. The molecule has 2 aromatic rings. The van der Waals surface area contributed by atoms with Crippen LogP contribution in [0.5, 0.6) is 0 Å². The third-order valence-corrected chi connectivity index (χ3v) is 2.98. The third-order valence-electron chi connectivity index (χ3n) is 2.65. The van der Waals surface area contributed by atoms with Crippen LogP contribution in [0.15, 0.2) is 30.5 Å². The molecule has 1 aromatic carbocycles. The van der Waals surface area contributed by atoms with E-state index >= 15 is 0 Å². The molecule has 1 aromatic heterocycles. The van der Waals surface area contributed by atoms with Gasteiger partial charge < -0.3 is 5.11 Å². The molecule has 0 aliphatic heterocycles. The molecule has 0 radical (unpaired) electrons. The Hall–Kier alpha value is -1.81. The number of hydrogen-bond donors (Lipinski definition) is 1. The molecule has 0 aliphatic rings. The molecule has 0 fully saturated rings. The first kappa shape index (κ1) is 12.6. The maximum absolute atomic E-state index is 11.1. The molecule has 4 nitrogen and oxygen atoms in total. The highest BCUT2D eigenvalue weighted by Crippen LogP contribution is 2.26. The lowest BCUT2D eigenvalue weighted by molar-refractivity contribution is 0.0697. The van der Waals surface area contributed by atoms with E-state index in [9.17, 15) is 4.79 Å². The lowest BCUT2D eigenvalue weighted by Gasteiger charge is -2.11. The normalized spacial score (nSPS) is 10.9. The van der Waals surface area contributed by atoms with Gasteiger partial charge in [-0.2, -0.15) is 5.10 Å². The monoisotopic (exact) mass is 264 g/mol. The number of benzene rings is 1. The van der Waals surface area contributed by atoms with Crippen LogP contribution in [0.4, 0.5) is 0 Å². The van der Waals surface area contributed by atoms with Crippen molar-refractivity contribution in [1.82, 2.24) is 9.78 Å².